The highest BCUT2D eigenvalue weighted by Crippen LogP contribution is 2.23. The standard InChI is InChI=1S/C14H13ClN2O3S/c15-11-3-1-10-8-12(4-2-9(10)7-11)21(19,20)17-13-5-6-16-14(13)18/h1-4,7-8,13,17H,5-6H2,(H,16,18)/t13-/m0/s1. The Labute approximate surface area is 127 Å². The van der Waals surface area contributed by atoms with Crippen LogP contribution in [0.2, 0.25) is 5.02 Å². The van der Waals surface area contributed by atoms with Crippen molar-refractivity contribution in [2.24, 2.45) is 0 Å². The van der Waals surface area contributed by atoms with Gasteiger partial charge in [-0.3, -0.25) is 4.79 Å². The summed E-state index contributed by atoms with van der Waals surface area (Å²) >= 11 is 5.90. The predicted molar refractivity (Wildman–Crippen MR) is 80.7 cm³/mol. The van der Waals surface area contributed by atoms with Crippen LogP contribution in [0.1, 0.15) is 6.42 Å². The van der Waals surface area contributed by atoms with Gasteiger partial charge in [-0.25, -0.2) is 8.42 Å². The molecule has 0 bridgehead atoms. The molecule has 1 aliphatic rings. The number of hydrogen-bond donors (Lipinski definition) is 2. The summed E-state index contributed by atoms with van der Waals surface area (Å²) in [4.78, 5) is 11.6. The number of fused-ring (bicyclic) bond motifs is 1. The third kappa shape index (κ3) is 2.88. The Morgan fingerprint density at radius 1 is 1.14 bits per heavy atom. The van der Waals surface area contributed by atoms with E-state index >= 15 is 0 Å². The highest BCUT2D eigenvalue weighted by atomic mass is 35.5. The number of halogens is 1. The number of hydrogen-bond acceptors (Lipinski definition) is 3. The summed E-state index contributed by atoms with van der Waals surface area (Å²) in [6.07, 6.45) is 0.460. The summed E-state index contributed by atoms with van der Waals surface area (Å²) in [6.45, 7) is 0.488. The van der Waals surface area contributed by atoms with Gasteiger partial charge in [0.25, 0.3) is 0 Å². The minimum absolute atomic E-state index is 0.136. The molecule has 1 saturated heterocycles. The van der Waals surface area contributed by atoms with Gasteiger partial charge in [0, 0.05) is 11.6 Å². The second-order valence-electron chi connectivity index (χ2n) is 4.91. The van der Waals surface area contributed by atoms with Crippen molar-refractivity contribution < 1.29 is 13.2 Å². The summed E-state index contributed by atoms with van der Waals surface area (Å²) in [5.74, 6) is -0.286. The van der Waals surface area contributed by atoms with Crippen molar-refractivity contribution in [3.8, 4) is 0 Å². The third-order valence-electron chi connectivity index (χ3n) is 3.43. The average Bonchev–Trinajstić information content (AvgIpc) is 2.83. The smallest absolute Gasteiger partial charge is 0.241 e. The first-order valence-electron chi connectivity index (χ1n) is 6.45. The fourth-order valence-corrected chi connectivity index (χ4v) is 3.77. The molecule has 5 nitrogen and oxygen atoms in total. The Hall–Kier alpha value is -1.63. The second-order valence-corrected chi connectivity index (χ2v) is 7.06. The van der Waals surface area contributed by atoms with Crippen molar-refractivity contribution in [2.75, 3.05) is 6.54 Å². The fraction of sp³-hybridized carbons (Fsp3) is 0.214. The van der Waals surface area contributed by atoms with E-state index < -0.39 is 16.1 Å². The molecule has 0 radical (unpaired) electrons. The van der Waals surface area contributed by atoms with Gasteiger partial charge < -0.3 is 5.32 Å². The normalized spacial score (nSPS) is 18.9. The van der Waals surface area contributed by atoms with Crippen molar-refractivity contribution in [3.05, 3.63) is 41.4 Å². The molecular weight excluding hydrogens is 312 g/mol. The number of sulfonamides is 1. The third-order valence-corrected chi connectivity index (χ3v) is 5.13. The molecule has 2 aromatic carbocycles. The maximum absolute atomic E-state index is 12.3. The highest BCUT2D eigenvalue weighted by molar-refractivity contribution is 7.89. The predicted octanol–water partition coefficient (Wildman–Crippen LogP) is 1.66. The topological polar surface area (TPSA) is 75.3 Å². The monoisotopic (exact) mass is 324 g/mol. The molecule has 1 heterocycles. The lowest BCUT2D eigenvalue weighted by atomic mass is 10.1. The molecule has 2 N–H and O–H groups in total. The first kappa shape index (κ1) is 14.3. The van der Waals surface area contributed by atoms with E-state index in [0.29, 0.717) is 18.0 Å². The van der Waals surface area contributed by atoms with Gasteiger partial charge in [0.1, 0.15) is 6.04 Å². The number of carbonyl (C=O) groups is 1. The van der Waals surface area contributed by atoms with E-state index in [1.54, 1.807) is 30.3 Å². The van der Waals surface area contributed by atoms with Gasteiger partial charge in [-0.1, -0.05) is 23.7 Å². The molecule has 2 aromatic rings. The number of nitrogens with one attached hydrogen (secondary N) is 2. The molecule has 0 aliphatic carbocycles. The van der Waals surface area contributed by atoms with Gasteiger partial charge >= 0.3 is 0 Å². The molecule has 1 aliphatic heterocycles. The highest BCUT2D eigenvalue weighted by Gasteiger charge is 2.29. The Morgan fingerprint density at radius 2 is 1.86 bits per heavy atom. The molecule has 3 rings (SSSR count). The molecule has 0 unspecified atom stereocenters. The Kier molecular flexibility index (Phi) is 3.61. The fourth-order valence-electron chi connectivity index (χ4n) is 2.32. The van der Waals surface area contributed by atoms with Crippen molar-refractivity contribution in [1.82, 2.24) is 10.0 Å². The quantitative estimate of drug-likeness (QED) is 0.901. The summed E-state index contributed by atoms with van der Waals surface area (Å²) < 4.78 is 27.1. The maximum Gasteiger partial charge on any atom is 0.241 e. The van der Waals surface area contributed by atoms with Crippen molar-refractivity contribution in [3.63, 3.8) is 0 Å². The molecule has 1 amide bonds. The molecule has 110 valence electrons. The van der Waals surface area contributed by atoms with Crippen LogP contribution in [0.15, 0.2) is 41.3 Å². The molecule has 7 heteroatoms. The van der Waals surface area contributed by atoms with Gasteiger partial charge in [0.2, 0.25) is 15.9 Å². The van der Waals surface area contributed by atoms with E-state index in [-0.39, 0.29) is 10.8 Å². The molecule has 1 atom stereocenters. The molecular formula is C14H13ClN2O3S. The van der Waals surface area contributed by atoms with Gasteiger partial charge in [-0.15, -0.1) is 0 Å². The molecule has 21 heavy (non-hydrogen) atoms. The minimum atomic E-state index is -3.72. The number of amides is 1. The zero-order chi connectivity index (χ0) is 15.0. The largest absolute Gasteiger partial charge is 0.355 e. The zero-order valence-electron chi connectivity index (χ0n) is 11.0. The van der Waals surface area contributed by atoms with Crippen molar-refractivity contribution >= 4 is 38.3 Å². The van der Waals surface area contributed by atoms with E-state index in [2.05, 4.69) is 10.0 Å². The first-order chi connectivity index (χ1) is 9.95. The van der Waals surface area contributed by atoms with Gasteiger partial charge in [0.15, 0.2) is 0 Å². The molecule has 0 saturated carbocycles. The molecule has 0 aromatic heterocycles. The molecule has 1 fully saturated rings. The van der Waals surface area contributed by atoms with E-state index in [1.165, 1.54) is 6.07 Å². The minimum Gasteiger partial charge on any atom is -0.355 e. The van der Waals surface area contributed by atoms with Crippen LogP contribution < -0.4 is 10.0 Å². The van der Waals surface area contributed by atoms with Gasteiger partial charge in [-0.05, 0) is 41.5 Å². The Balaban J connectivity index is 1.95. The SMILES string of the molecule is O=C1NCC[C@@H]1NS(=O)(=O)c1ccc2cc(Cl)ccc2c1. The zero-order valence-corrected chi connectivity index (χ0v) is 12.5. The van der Waals surface area contributed by atoms with Crippen LogP contribution in [0.3, 0.4) is 0 Å². The number of rotatable bonds is 3. The van der Waals surface area contributed by atoms with Crippen molar-refractivity contribution in [2.45, 2.75) is 17.4 Å². The second kappa shape index (κ2) is 5.29. The van der Waals surface area contributed by atoms with Gasteiger partial charge in [0.05, 0.1) is 4.90 Å². The lowest BCUT2D eigenvalue weighted by molar-refractivity contribution is -0.120. The van der Waals surface area contributed by atoms with E-state index in [0.717, 1.165) is 10.8 Å². The average molecular weight is 325 g/mol. The molecule has 0 spiro atoms. The van der Waals surface area contributed by atoms with E-state index in [9.17, 15) is 13.2 Å². The van der Waals surface area contributed by atoms with Crippen LogP contribution in [0.25, 0.3) is 10.8 Å². The summed E-state index contributed by atoms with van der Waals surface area (Å²) in [5, 5.41) is 4.83. The van der Waals surface area contributed by atoms with E-state index in [4.69, 9.17) is 11.6 Å². The Bertz CT molecular complexity index is 820. The van der Waals surface area contributed by atoms with Crippen LogP contribution in [0.4, 0.5) is 0 Å². The van der Waals surface area contributed by atoms with E-state index in [1.807, 2.05) is 0 Å². The number of benzene rings is 2. The summed E-state index contributed by atoms with van der Waals surface area (Å²) in [6, 6.07) is 9.32. The summed E-state index contributed by atoms with van der Waals surface area (Å²) in [7, 11) is -3.72. The summed E-state index contributed by atoms with van der Waals surface area (Å²) in [5.41, 5.74) is 0. The van der Waals surface area contributed by atoms with Crippen LogP contribution in [-0.4, -0.2) is 26.9 Å². The maximum atomic E-state index is 12.3. The van der Waals surface area contributed by atoms with Crippen LogP contribution in [0.5, 0.6) is 0 Å². The lowest BCUT2D eigenvalue weighted by Gasteiger charge is -2.11. The number of carbonyl (C=O) groups excluding carboxylic acids is 1. The van der Waals surface area contributed by atoms with Crippen molar-refractivity contribution in [1.29, 1.82) is 0 Å². The van der Waals surface area contributed by atoms with Crippen LogP contribution in [0, 0.1) is 0 Å². The lowest BCUT2D eigenvalue weighted by Crippen LogP contribution is -2.40. The Morgan fingerprint density at radius 3 is 2.57 bits per heavy atom. The first-order valence-corrected chi connectivity index (χ1v) is 8.31. The van der Waals surface area contributed by atoms with Crippen LogP contribution in [-0.2, 0) is 14.8 Å². The van der Waals surface area contributed by atoms with Gasteiger partial charge in [-0.2, -0.15) is 4.72 Å². The van der Waals surface area contributed by atoms with Crippen LogP contribution >= 0.6 is 11.6 Å².